The molecule has 1 N–H and O–H groups in total. The highest BCUT2D eigenvalue weighted by atomic mass is 79.9. The first-order chi connectivity index (χ1) is 9.11. The molecule has 19 heavy (non-hydrogen) atoms. The molecule has 0 bridgehead atoms. The molecule has 6 heteroatoms. The molecule has 2 aromatic rings. The summed E-state index contributed by atoms with van der Waals surface area (Å²) in [5, 5.41) is 3.18. The molecule has 0 saturated heterocycles. The van der Waals surface area contributed by atoms with Gasteiger partial charge in [0.25, 0.3) is 5.91 Å². The van der Waals surface area contributed by atoms with E-state index in [0.717, 1.165) is 0 Å². The molecule has 0 aliphatic heterocycles. The predicted molar refractivity (Wildman–Crippen MR) is 77.9 cm³/mol. The maximum atomic E-state index is 12.0. The number of methoxy groups -OCH3 is 1. The van der Waals surface area contributed by atoms with Crippen molar-refractivity contribution in [3.8, 4) is 5.75 Å². The molecule has 0 unspecified atom stereocenters. The van der Waals surface area contributed by atoms with E-state index in [1.165, 1.54) is 7.11 Å². The minimum Gasteiger partial charge on any atom is -0.495 e. The third kappa shape index (κ3) is 3.24. The molecule has 0 radical (unpaired) electrons. The normalized spacial score (nSPS) is 10.1. The van der Waals surface area contributed by atoms with Crippen LogP contribution in [-0.2, 0) is 0 Å². The van der Waals surface area contributed by atoms with E-state index in [0.29, 0.717) is 26.6 Å². The van der Waals surface area contributed by atoms with Crippen LogP contribution in [0.15, 0.2) is 41.1 Å². The number of nitrogens with one attached hydrogen (secondary N) is 1. The lowest BCUT2D eigenvalue weighted by Gasteiger charge is -2.08. The molecule has 0 fully saturated rings. The highest BCUT2D eigenvalue weighted by molar-refractivity contribution is 9.10. The van der Waals surface area contributed by atoms with Gasteiger partial charge in [0, 0.05) is 11.9 Å². The molecule has 1 aromatic heterocycles. The summed E-state index contributed by atoms with van der Waals surface area (Å²) in [7, 11) is 1.53. The summed E-state index contributed by atoms with van der Waals surface area (Å²) in [5.41, 5.74) is 1.04. The van der Waals surface area contributed by atoms with E-state index in [2.05, 4.69) is 26.2 Å². The summed E-state index contributed by atoms with van der Waals surface area (Å²) in [4.78, 5) is 16.0. The molecular weight excluding hydrogens is 332 g/mol. The molecule has 0 saturated carbocycles. The third-order valence-corrected chi connectivity index (χ3v) is 3.34. The summed E-state index contributed by atoms with van der Waals surface area (Å²) >= 11 is 9.22. The quantitative estimate of drug-likeness (QED) is 0.865. The average molecular weight is 342 g/mol. The van der Waals surface area contributed by atoms with E-state index in [4.69, 9.17) is 16.3 Å². The van der Waals surface area contributed by atoms with Crippen LogP contribution in [0.5, 0.6) is 5.75 Å². The first-order valence-corrected chi connectivity index (χ1v) is 6.54. The number of anilines is 1. The Kier molecular flexibility index (Phi) is 4.39. The van der Waals surface area contributed by atoms with E-state index in [1.54, 1.807) is 36.5 Å². The second kappa shape index (κ2) is 6.04. The Morgan fingerprint density at radius 2 is 2.21 bits per heavy atom. The Balaban J connectivity index is 2.20. The van der Waals surface area contributed by atoms with Crippen LogP contribution in [0.2, 0.25) is 5.02 Å². The molecule has 2 rings (SSSR count). The summed E-state index contributed by atoms with van der Waals surface area (Å²) in [6.07, 6.45) is 1.60. The average Bonchev–Trinajstić information content (AvgIpc) is 2.39. The van der Waals surface area contributed by atoms with E-state index in [1.807, 2.05) is 0 Å². The van der Waals surface area contributed by atoms with Gasteiger partial charge in [-0.05, 0) is 46.3 Å². The lowest BCUT2D eigenvalue weighted by atomic mass is 10.2. The number of rotatable bonds is 3. The molecule has 0 aliphatic rings. The first kappa shape index (κ1) is 13.8. The molecule has 1 aromatic carbocycles. The van der Waals surface area contributed by atoms with E-state index in [-0.39, 0.29) is 5.91 Å². The molecule has 1 heterocycles. The van der Waals surface area contributed by atoms with Crippen LogP contribution in [0.4, 0.5) is 5.69 Å². The van der Waals surface area contributed by atoms with Gasteiger partial charge in [-0.2, -0.15) is 0 Å². The largest absolute Gasteiger partial charge is 0.495 e. The van der Waals surface area contributed by atoms with Gasteiger partial charge in [0.15, 0.2) is 0 Å². The fourth-order valence-electron chi connectivity index (χ4n) is 1.50. The molecule has 98 valence electrons. The fourth-order valence-corrected chi connectivity index (χ4v) is 2.19. The zero-order valence-corrected chi connectivity index (χ0v) is 12.3. The standard InChI is InChI=1S/C13H10BrClN2O2/c1-19-11-5-4-8(7-10(11)15)17-13(18)9-3-2-6-16-12(9)14/h2-7H,1H3,(H,17,18). The number of amides is 1. The number of hydrogen-bond donors (Lipinski definition) is 1. The molecule has 0 aliphatic carbocycles. The van der Waals surface area contributed by atoms with Crippen molar-refractivity contribution >= 4 is 39.1 Å². The van der Waals surface area contributed by atoms with Gasteiger partial charge in [-0.25, -0.2) is 4.98 Å². The lowest BCUT2D eigenvalue weighted by Crippen LogP contribution is -2.13. The van der Waals surface area contributed by atoms with Gasteiger partial charge in [-0.3, -0.25) is 4.79 Å². The molecule has 0 atom stereocenters. The van der Waals surface area contributed by atoms with E-state index in [9.17, 15) is 4.79 Å². The predicted octanol–water partition coefficient (Wildman–Crippen LogP) is 3.76. The van der Waals surface area contributed by atoms with Crippen molar-refractivity contribution in [1.82, 2.24) is 4.98 Å². The van der Waals surface area contributed by atoms with Crippen LogP contribution < -0.4 is 10.1 Å². The number of benzene rings is 1. The topological polar surface area (TPSA) is 51.2 Å². The lowest BCUT2D eigenvalue weighted by molar-refractivity contribution is 0.102. The number of aromatic nitrogens is 1. The maximum absolute atomic E-state index is 12.0. The van der Waals surface area contributed by atoms with Gasteiger partial charge in [-0.15, -0.1) is 0 Å². The number of carbonyl (C=O) groups is 1. The number of pyridine rings is 1. The minimum atomic E-state index is -0.263. The van der Waals surface area contributed by atoms with Gasteiger partial charge in [0.1, 0.15) is 10.4 Å². The fraction of sp³-hybridized carbons (Fsp3) is 0.0769. The second-order valence-electron chi connectivity index (χ2n) is 3.65. The highest BCUT2D eigenvalue weighted by Crippen LogP contribution is 2.27. The second-order valence-corrected chi connectivity index (χ2v) is 4.80. The molecule has 0 spiro atoms. The van der Waals surface area contributed by atoms with Crippen molar-refractivity contribution in [2.24, 2.45) is 0 Å². The molecular formula is C13H10BrClN2O2. The molecule has 1 amide bonds. The Morgan fingerprint density at radius 3 is 2.84 bits per heavy atom. The highest BCUT2D eigenvalue weighted by Gasteiger charge is 2.11. The number of nitrogens with zero attached hydrogens (tertiary/aromatic N) is 1. The number of hydrogen-bond acceptors (Lipinski definition) is 3. The SMILES string of the molecule is COc1ccc(NC(=O)c2cccnc2Br)cc1Cl. The van der Waals surface area contributed by atoms with Crippen LogP contribution in [0, 0.1) is 0 Å². The number of carbonyl (C=O) groups excluding carboxylic acids is 1. The summed E-state index contributed by atoms with van der Waals surface area (Å²) in [6.45, 7) is 0. The van der Waals surface area contributed by atoms with Crippen LogP contribution in [0.25, 0.3) is 0 Å². The molecule has 4 nitrogen and oxygen atoms in total. The van der Waals surface area contributed by atoms with Crippen molar-refractivity contribution in [2.75, 3.05) is 12.4 Å². The van der Waals surface area contributed by atoms with Crippen LogP contribution >= 0.6 is 27.5 Å². The summed E-state index contributed by atoms with van der Waals surface area (Å²) in [5.74, 6) is 0.295. The van der Waals surface area contributed by atoms with Crippen molar-refractivity contribution in [1.29, 1.82) is 0 Å². The Hall–Kier alpha value is -1.59. The third-order valence-electron chi connectivity index (χ3n) is 2.41. The van der Waals surface area contributed by atoms with Gasteiger partial charge in [0.05, 0.1) is 17.7 Å². The van der Waals surface area contributed by atoms with Crippen molar-refractivity contribution in [3.05, 3.63) is 51.7 Å². The van der Waals surface area contributed by atoms with Gasteiger partial charge in [0.2, 0.25) is 0 Å². The summed E-state index contributed by atoms with van der Waals surface area (Å²) < 4.78 is 5.54. The van der Waals surface area contributed by atoms with Crippen LogP contribution in [0.1, 0.15) is 10.4 Å². The zero-order valence-electron chi connectivity index (χ0n) is 9.98. The Labute approximate surface area is 123 Å². The van der Waals surface area contributed by atoms with Gasteiger partial charge >= 0.3 is 0 Å². The maximum Gasteiger partial charge on any atom is 0.258 e. The first-order valence-electron chi connectivity index (χ1n) is 5.37. The zero-order chi connectivity index (χ0) is 13.8. The van der Waals surface area contributed by atoms with Crippen molar-refractivity contribution < 1.29 is 9.53 Å². The van der Waals surface area contributed by atoms with Crippen LogP contribution in [0.3, 0.4) is 0 Å². The Bertz CT molecular complexity index is 619. The van der Waals surface area contributed by atoms with E-state index < -0.39 is 0 Å². The number of halogens is 2. The smallest absolute Gasteiger partial charge is 0.258 e. The Morgan fingerprint density at radius 1 is 1.42 bits per heavy atom. The summed E-state index contributed by atoms with van der Waals surface area (Å²) in [6, 6.07) is 8.41. The van der Waals surface area contributed by atoms with Crippen molar-refractivity contribution in [2.45, 2.75) is 0 Å². The van der Waals surface area contributed by atoms with Crippen LogP contribution in [-0.4, -0.2) is 18.0 Å². The van der Waals surface area contributed by atoms with Gasteiger partial charge in [-0.1, -0.05) is 11.6 Å². The van der Waals surface area contributed by atoms with Crippen molar-refractivity contribution in [3.63, 3.8) is 0 Å². The van der Waals surface area contributed by atoms with E-state index >= 15 is 0 Å². The monoisotopic (exact) mass is 340 g/mol. The number of ether oxygens (including phenoxy) is 1. The van der Waals surface area contributed by atoms with Gasteiger partial charge < -0.3 is 10.1 Å². The minimum absolute atomic E-state index is 0.263.